The summed E-state index contributed by atoms with van der Waals surface area (Å²) >= 11 is 0. The van der Waals surface area contributed by atoms with Gasteiger partial charge in [0.2, 0.25) is 0 Å². The molecular weight excluding hydrogens is 324 g/mol. The number of carbonyl (C=O) groups is 1. The van der Waals surface area contributed by atoms with E-state index < -0.39 is 0 Å². The fourth-order valence-corrected chi connectivity index (χ4v) is 2.25. The van der Waals surface area contributed by atoms with Gasteiger partial charge in [0.15, 0.2) is 6.61 Å². The van der Waals surface area contributed by atoms with Gasteiger partial charge in [0.1, 0.15) is 5.75 Å². The second kappa shape index (κ2) is 9.96. The number of nitrogens with one attached hydrogen (secondary N) is 2. The Morgan fingerprint density at radius 1 is 1.12 bits per heavy atom. The van der Waals surface area contributed by atoms with E-state index in [1.54, 1.807) is 0 Å². The van der Waals surface area contributed by atoms with E-state index in [0.29, 0.717) is 0 Å². The Morgan fingerprint density at radius 3 is 2.62 bits per heavy atom. The number of ether oxygens (including phenoxy) is 1. The number of rotatable bonds is 7. The zero-order chi connectivity index (χ0) is 16.7. The molecule has 0 saturated heterocycles. The highest BCUT2D eigenvalue weighted by Crippen LogP contribution is 2.19. The Kier molecular flexibility index (Phi) is 8.30. The van der Waals surface area contributed by atoms with E-state index in [1.807, 2.05) is 56.3 Å². The van der Waals surface area contributed by atoms with Crippen LogP contribution in [0.2, 0.25) is 0 Å². The number of aryl methyl sites for hydroxylation is 2. The molecule has 0 aromatic heterocycles. The van der Waals surface area contributed by atoms with E-state index in [9.17, 15) is 4.79 Å². The molecule has 1 amide bonds. The van der Waals surface area contributed by atoms with E-state index in [4.69, 9.17) is 4.74 Å². The molecule has 0 atom stereocenters. The van der Waals surface area contributed by atoms with E-state index >= 15 is 0 Å². The summed E-state index contributed by atoms with van der Waals surface area (Å²) in [5.74, 6) is 0.593. The molecular formula is C19H25ClN2O2. The lowest BCUT2D eigenvalue weighted by Gasteiger charge is -2.13. The number of hydrogen-bond donors (Lipinski definition) is 2. The molecule has 5 heteroatoms. The number of benzene rings is 2. The zero-order valence-electron chi connectivity index (χ0n) is 14.4. The van der Waals surface area contributed by atoms with Gasteiger partial charge in [0.05, 0.1) is 0 Å². The van der Waals surface area contributed by atoms with Gasteiger partial charge in [-0.05, 0) is 49.2 Å². The van der Waals surface area contributed by atoms with E-state index in [2.05, 4.69) is 17.6 Å². The topological polar surface area (TPSA) is 50.4 Å². The first-order valence-electron chi connectivity index (χ1n) is 7.88. The van der Waals surface area contributed by atoms with Gasteiger partial charge >= 0.3 is 0 Å². The molecule has 2 aromatic carbocycles. The van der Waals surface area contributed by atoms with Crippen LogP contribution in [0, 0.1) is 13.8 Å². The summed E-state index contributed by atoms with van der Waals surface area (Å²) in [6, 6.07) is 13.8. The van der Waals surface area contributed by atoms with Crippen LogP contribution in [0.5, 0.6) is 5.75 Å². The standard InChI is InChI=1S/C19H24N2O2.ClH/c1-4-20-12-16-7-5-6-8-17(16)21-19(22)13-23-18-11-14(2)9-10-15(18)3;/h5-11,20H,4,12-13H2,1-3H3,(H,21,22);1H. The lowest BCUT2D eigenvalue weighted by Crippen LogP contribution is -2.22. The van der Waals surface area contributed by atoms with Gasteiger partial charge < -0.3 is 15.4 Å². The van der Waals surface area contributed by atoms with Crippen molar-refractivity contribution in [3.8, 4) is 5.75 Å². The van der Waals surface area contributed by atoms with Crippen molar-refractivity contribution in [3.63, 3.8) is 0 Å². The smallest absolute Gasteiger partial charge is 0.262 e. The number of anilines is 1. The van der Waals surface area contributed by atoms with Gasteiger partial charge in [0, 0.05) is 12.2 Å². The van der Waals surface area contributed by atoms with Gasteiger partial charge in [-0.15, -0.1) is 12.4 Å². The second-order valence-electron chi connectivity index (χ2n) is 5.54. The van der Waals surface area contributed by atoms with Crippen molar-refractivity contribution in [2.75, 3.05) is 18.5 Å². The molecule has 2 aromatic rings. The van der Waals surface area contributed by atoms with Crippen molar-refractivity contribution in [2.24, 2.45) is 0 Å². The maximum atomic E-state index is 12.2. The van der Waals surface area contributed by atoms with Gasteiger partial charge in [-0.1, -0.05) is 37.3 Å². The summed E-state index contributed by atoms with van der Waals surface area (Å²) in [6.07, 6.45) is 0. The van der Waals surface area contributed by atoms with E-state index in [-0.39, 0.29) is 24.9 Å². The Balaban J connectivity index is 0.00000288. The molecule has 0 aliphatic heterocycles. The molecule has 0 fully saturated rings. The molecule has 4 nitrogen and oxygen atoms in total. The average Bonchev–Trinajstić information content (AvgIpc) is 2.55. The van der Waals surface area contributed by atoms with Crippen LogP contribution in [0.3, 0.4) is 0 Å². The van der Waals surface area contributed by atoms with Gasteiger partial charge in [0.25, 0.3) is 5.91 Å². The predicted molar refractivity (Wildman–Crippen MR) is 101 cm³/mol. The molecule has 24 heavy (non-hydrogen) atoms. The minimum atomic E-state index is -0.158. The predicted octanol–water partition coefficient (Wildman–Crippen LogP) is 3.85. The van der Waals surface area contributed by atoms with Crippen molar-refractivity contribution < 1.29 is 9.53 Å². The lowest BCUT2D eigenvalue weighted by atomic mass is 10.1. The van der Waals surface area contributed by atoms with E-state index in [0.717, 1.165) is 41.2 Å². The Morgan fingerprint density at radius 2 is 1.88 bits per heavy atom. The van der Waals surface area contributed by atoms with Crippen LogP contribution in [-0.2, 0) is 11.3 Å². The average molecular weight is 349 g/mol. The maximum absolute atomic E-state index is 12.2. The first kappa shape index (κ1) is 20.0. The van der Waals surface area contributed by atoms with Crippen LogP contribution in [0.15, 0.2) is 42.5 Å². The third-order valence-corrected chi connectivity index (χ3v) is 3.56. The first-order valence-corrected chi connectivity index (χ1v) is 7.88. The number of amides is 1. The molecule has 2 rings (SSSR count). The third-order valence-electron chi connectivity index (χ3n) is 3.56. The quantitative estimate of drug-likeness (QED) is 0.799. The molecule has 0 heterocycles. The number of para-hydroxylation sites is 1. The fraction of sp³-hybridized carbons (Fsp3) is 0.316. The van der Waals surface area contributed by atoms with Gasteiger partial charge in [-0.3, -0.25) is 4.79 Å². The van der Waals surface area contributed by atoms with Crippen LogP contribution >= 0.6 is 12.4 Å². The Labute approximate surface area is 150 Å². The largest absolute Gasteiger partial charge is 0.483 e. The summed E-state index contributed by atoms with van der Waals surface area (Å²) in [5.41, 5.74) is 4.02. The molecule has 0 bridgehead atoms. The maximum Gasteiger partial charge on any atom is 0.262 e. The highest BCUT2D eigenvalue weighted by Gasteiger charge is 2.08. The van der Waals surface area contributed by atoms with Gasteiger partial charge in [-0.2, -0.15) is 0 Å². The molecule has 0 spiro atoms. The van der Waals surface area contributed by atoms with E-state index in [1.165, 1.54) is 0 Å². The summed E-state index contributed by atoms with van der Waals surface area (Å²) in [6.45, 7) is 7.64. The van der Waals surface area contributed by atoms with Crippen LogP contribution in [0.1, 0.15) is 23.6 Å². The normalized spacial score (nSPS) is 9.96. The van der Waals surface area contributed by atoms with Crippen LogP contribution in [0.4, 0.5) is 5.69 Å². The Bertz CT molecular complexity index is 674. The molecule has 0 aliphatic carbocycles. The Hall–Kier alpha value is -2.04. The number of hydrogen-bond acceptors (Lipinski definition) is 3. The van der Waals surface area contributed by atoms with Crippen molar-refractivity contribution >= 4 is 24.0 Å². The SMILES string of the molecule is CCNCc1ccccc1NC(=O)COc1cc(C)ccc1C.Cl. The molecule has 130 valence electrons. The summed E-state index contributed by atoms with van der Waals surface area (Å²) in [7, 11) is 0. The minimum absolute atomic E-state index is 0. The summed E-state index contributed by atoms with van der Waals surface area (Å²) in [4.78, 5) is 12.2. The van der Waals surface area contributed by atoms with Crippen molar-refractivity contribution in [2.45, 2.75) is 27.3 Å². The lowest BCUT2D eigenvalue weighted by molar-refractivity contribution is -0.118. The van der Waals surface area contributed by atoms with Gasteiger partial charge in [-0.25, -0.2) is 0 Å². The third kappa shape index (κ3) is 5.87. The molecule has 0 radical (unpaired) electrons. The summed E-state index contributed by atoms with van der Waals surface area (Å²) < 4.78 is 5.64. The highest BCUT2D eigenvalue weighted by atomic mass is 35.5. The van der Waals surface area contributed by atoms with Crippen molar-refractivity contribution in [1.82, 2.24) is 5.32 Å². The molecule has 2 N–H and O–H groups in total. The number of halogens is 1. The van der Waals surface area contributed by atoms with Crippen molar-refractivity contribution in [3.05, 3.63) is 59.2 Å². The molecule has 0 saturated carbocycles. The fourth-order valence-electron chi connectivity index (χ4n) is 2.25. The van der Waals surface area contributed by atoms with Crippen LogP contribution in [-0.4, -0.2) is 19.1 Å². The highest BCUT2D eigenvalue weighted by molar-refractivity contribution is 5.92. The van der Waals surface area contributed by atoms with Crippen LogP contribution < -0.4 is 15.4 Å². The first-order chi connectivity index (χ1) is 11.1. The molecule has 0 aliphatic rings. The summed E-state index contributed by atoms with van der Waals surface area (Å²) in [5, 5.41) is 6.19. The minimum Gasteiger partial charge on any atom is -0.483 e. The van der Waals surface area contributed by atoms with Crippen molar-refractivity contribution in [1.29, 1.82) is 0 Å². The second-order valence-corrected chi connectivity index (χ2v) is 5.54. The zero-order valence-corrected chi connectivity index (χ0v) is 15.2. The van der Waals surface area contributed by atoms with Crippen LogP contribution in [0.25, 0.3) is 0 Å². The monoisotopic (exact) mass is 348 g/mol. The number of carbonyl (C=O) groups excluding carboxylic acids is 1. The molecule has 0 unspecified atom stereocenters.